The summed E-state index contributed by atoms with van der Waals surface area (Å²) in [6, 6.07) is 8.10. The van der Waals surface area contributed by atoms with Gasteiger partial charge in [0.05, 0.1) is 17.4 Å². The number of ether oxygens (including phenoxy) is 1. The van der Waals surface area contributed by atoms with Gasteiger partial charge in [-0.25, -0.2) is 4.98 Å². The van der Waals surface area contributed by atoms with Gasteiger partial charge in [-0.15, -0.1) is 0 Å². The molecule has 0 unspecified atom stereocenters. The fraction of sp³-hybridized carbons (Fsp3) is 0.350. The molecule has 140 valence electrons. The third kappa shape index (κ3) is 3.78. The third-order valence-corrected chi connectivity index (χ3v) is 4.51. The molecule has 1 aromatic carbocycles. The van der Waals surface area contributed by atoms with Crippen molar-refractivity contribution < 1.29 is 9.26 Å². The highest BCUT2D eigenvalue weighted by Crippen LogP contribution is 2.28. The first-order valence-corrected chi connectivity index (χ1v) is 9.19. The van der Waals surface area contributed by atoms with Crippen LogP contribution in [-0.2, 0) is 12.8 Å². The topological polar surface area (TPSA) is 99.1 Å². The van der Waals surface area contributed by atoms with Crippen LogP contribution in [0.4, 0.5) is 5.69 Å². The van der Waals surface area contributed by atoms with Crippen LogP contribution in [0.5, 0.6) is 5.88 Å². The summed E-state index contributed by atoms with van der Waals surface area (Å²) in [5, 5.41) is 7.56. The maximum absolute atomic E-state index is 6.03. The number of rotatable bonds is 4. The lowest BCUT2D eigenvalue weighted by molar-refractivity contribution is 0.234. The second-order valence-electron chi connectivity index (χ2n) is 6.94. The Morgan fingerprint density at radius 2 is 1.93 bits per heavy atom. The van der Waals surface area contributed by atoms with Crippen LogP contribution in [0.25, 0.3) is 22.8 Å². The molecule has 7 heteroatoms. The summed E-state index contributed by atoms with van der Waals surface area (Å²) in [6.45, 7) is 5.86. The first-order valence-electron chi connectivity index (χ1n) is 9.19. The van der Waals surface area contributed by atoms with E-state index in [2.05, 4.69) is 32.6 Å². The maximum Gasteiger partial charge on any atom is 0.259 e. The van der Waals surface area contributed by atoms with Crippen molar-refractivity contribution >= 4 is 5.69 Å². The predicted octanol–water partition coefficient (Wildman–Crippen LogP) is 2.86. The predicted molar refractivity (Wildman–Crippen MR) is 103 cm³/mol. The Kier molecular flexibility index (Phi) is 4.77. The number of pyridine rings is 1. The normalized spacial score (nSPS) is 14.0. The van der Waals surface area contributed by atoms with Gasteiger partial charge in [-0.2, -0.15) is 4.98 Å². The standard InChI is InChI=1S/C20H23N5O2/c1-12(2)26-20-17(21)10-16(11-23-20)19-24-18(25-27-19)15-4-3-13-5-7-22-8-6-14(13)9-15/h3-4,9-12,22H,5-8,21H2,1-2H3. The van der Waals surface area contributed by atoms with E-state index in [9.17, 15) is 0 Å². The number of benzene rings is 1. The molecule has 0 amide bonds. The lowest BCUT2D eigenvalue weighted by atomic mass is 10.00. The van der Waals surface area contributed by atoms with Crippen molar-refractivity contribution in [3.63, 3.8) is 0 Å². The molecule has 0 saturated heterocycles. The summed E-state index contributed by atoms with van der Waals surface area (Å²) in [5.74, 6) is 1.36. The molecule has 7 nitrogen and oxygen atoms in total. The first kappa shape index (κ1) is 17.5. The van der Waals surface area contributed by atoms with Gasteiger partial charge in [-0.1, -0.05) is 17.3 Å². The van der Waals surface area contributed by atoms with Crippen molar-refractivity contribution in [1.29, 1.82) is 0 Å². The Bertz CT molecular complexity index is 951. The SMILES string of the molecule is CC(C)Oc1ncc(-c2nc(-c3ccc4c(c3)CCNCC4)no2)cc1N. The molecule has 0 saturated carbocycles. The van der Waals surface area contributed by atoms with Crippen molar-refractivity contribution in [1.82, 2.24) is 20.4 Å². The van der Waals surface area contributed by atoms with Gasteiger partial charge in [-0.05, 0) is 63.0 Å². The van der Waals surface area contributed by atoms with Gasteiger partial charge < -0.3 is 20.3 Å². The van der Waals surface area contributed by atoms with Crippen molar-refractivity contribution in [2.75, 3.05) is 18.8 Å². The van der Waals surface area contributed by atoms with E-state index in [1.807, 2.05) is 19.9 Å². The van der Waals surface area contributed by atoms with Gasteiger partial charge in [0.15, 0.2) is 0 Å². The molecule has 4 rings (SSSR count). The van der Waals surface area contributed by atoms with Gasteiger partial charge in [0.25, 0.3) is 5.89 Å². The van der Waals surface area contributed by atoms with Crippen LogP contribution in [-0.4, -0.2) is 34.3 Å². The summed E-state index contributed by atoms with van der Waals surface area (Å²) in [6.07, 6.45) is 3.69. The fourth-order valence-corrected chi connectivity index (χ4v) is 3.18. The lowest BCUT2D eigenvalue weighted by Gasteiger charge is -2.10. The number of hydrogen-bond donors (Lipinski definition) is 2. The monoisotopic (exact) mass is 365 g/mol. The van der Waals surface area contributed by atoms with E-state index < -0.39 is 0 Å². The minimum Gasteiger partial charge on any atom is -0.473 e. The van der Waals surface area contributed by atoms with Crippen molar-refractivity contribution in [3.05, 3.63) is 41.6 Å². The van der Waals surface area contributed by atoms with Crippen LogP contribution in [0.2, 0.25) is 0 Å². The molecule has 27 heavy (non-hydrogen) atoms. The van der Waals surface area contributed by atoms with E-state index in [0.29, 0.717) is 28.8 Å². The average molecular weight is 365 g/mol. The molecule has 0 fully saturated rings. The van der Waals surface area contributed by atoms with Crippen molar-refractivity contribution in [2.45, 2.75) is 32.8 Å². The molecule has 3 heterocycles. The van der Waals surface area contributed by atoms with E-state index in [1.54, 1.807) is 12.3 Å². The van der Waals surface area contributed by atoms with E-state index in [0.717, 1.165) is 31.5 Å². The van der Waals surface area contributed by atoms with E-state index in [-0.39, 0.29) is 6.10 Å². The summed E-state index contributed by atoms with van der Waals surface area (Å²) in [5.41, 5.74) is 10.8. The Balaban J connectivity index is 1.60. The molecule has 0 radical (unpaired) electrons. The number of hydrogen-bond acceptors (Lipinski definition) is 7. The quantitative estimate of drug-likeness (QED) is 0.733. The minimum atomic E-state index is 0.00376. The summed E-state index contributed by atoms with van der Waals surface area (Å²) >= 11 is 0. The summed E-state index contributed by atoms with van der Waals surface area (Å²) < 4.78 is 11.0. The maximum atomic E-state index is 6.03. The van der Waals surface area contributed by atoms with Gasteiger partial charge in [0.1, 0.15) is 0 Å². The molecule has 3 aromatic rings. The molecular weight excluding hydrogens is 342 g/mol. The van der Waals surface area contributed by atoms with Crippen LogP contribution in [0.3, 0.4) is 0 Å². The highest BCUT2D eigenvalue weighted by atomic mass is 16.5. The molecule has 0 atom stereocenters. The number of nitrogen functional groups attached to an aromatic ring is 1. The molecular formula is C20H23N5O2. The molecule has 1 aliphatic heterocycles. The largest absolute Gasteiger partial charge is 0.473 e. The highest BCUT2D eigenvalue weighted by Gasteiger charge is 2.15. The zero-order valence-electron chi connectivity index (χ0n) is 15.5. The number of anilines is 1. The number of nitrogens with zero attached hydrogens (tertiary/aromatic N) is 3. The van der Waals surface area contributed by atoms with Crippen molar-refractivity contribution in [3.8, 4) is 28.7 Å². The number of aromatic nitrogens is 3. The molecule has 1 aliphatic rings. The second kappa shape index (κ2) is 7.36. The van der Waals surface area contributed by atoms with Crippen LogP contribution in [0.15, 0.2) is 35.0 Å². The number of nitrogens with two attached hydrogens (primary N) is 1. The van der Waals surface area contributed by atoms with Crippen LogP contribution >= 0.6 is 0 Å². The second-order valence-corrected chi connectivity index (χ2v) is 6.94. The van der Waals surface area contributed by atoms with E-state index in [1.165, 1.54) is 11.1 Å². The zero-order chi connectivity index (χ0) is 18.8. The van der Waals surface area contributed by atoms with Gasteiger partial charge in [0.2, 0.25) is 11.7 Å². The van der Waals surface area contributed by atoms with Crippen molar-refractivity contribution in [2.24, 2.45) is 0 Å². The Labute approximate surface area is 158 Å². The fourth-order valence-electron chi connectivity index (χ4n) is 3.18. The molecule has 2 aromatic heterocycles. The average Bonchev–Trinajstić information content (AvgIpc) is 3.02. The molecule has 0 bridgehead atoms. The van der Waals surface area contributed by atoms with Crippen LogP contribution < -0.4 is 15.8 Å². The Morgan fingerprint density at radius 1 is 1.11 bits per heavy atom. The molecule has 0 aliphatic carbocycles. The third-order valence-electron chi connectivity index (χ3n) is 4.51. The number of fused-ring (bicyclic) bond motifs is 1. The minimum absolute atomic E-state index is 0.00376. The highest BCUT2D eigenvalue weighted by molar-refractivity contribution is 5.65. The van der Waals surface area contributed by atoms with E-state index in [4.69, 9.17) is 15.0 Å². The van der Waals surface area contributed by atoms with Gasteiger partial charge in [-0.3, -0.25) is 0 Å². The molecule has 3 N–H and O–H groups in total. The Morgan fingerprint density at radius 3 is 2.70 bits per heavy atom. The van der Waals surface area contributed by atoms with E-state index >= 15 is 0 Å². The summed E-state index contributed by atoms with van der Waals surface area (Å²) in [7, 11) is 0. The van der Waals surface area contributed by atoms with Gasteiger partial charge >= 0.3 is 0 Å². The summed E-state index contributed by atoms with van der Waals surface area (Å²) in [4.78, 5) is 8.79. The zero-order valence-corrected chi connectivity index (χ0v) is 15.5. The first-order chi connectivity index (χ1) is 13.1. The van der Waals surface area contributed by atoms with Crippen LogP contribution in [0, 0.1) is 0 Å². The lowest BCUT2D eigenvalue weighted by Crippen LogP contribution is -2.16. The van der Waals surface area contributed by atoms with Gasteiger partial charge in [0, 0.05) is 11.8 Å². The van der Waals surface area contributed by atoms with Crippen LogP contribution in [0.1, 0.15) is 25.0 Å². The Hall–Kier alpha value is -2.93. The smallest absolute Gasteiger partial charge is 0.259 e. The molecule has 0 spiro atoms. The number of nitrogens with one attached hydrogen (secondary N) is 1.